The van der Waals surface area contributed by atoms with E-state index in [0.29, 0.717) is 17.9 Å². The van der Waals surface area contributed by atoms with Crippen LogP contribution < -0.4 is 10.1 Å². The molecule has 3 fully saturated rings. The van der Waals surface area contributed by atoms with Crippen molar-refractivity contribution in [3.05, 3.63) is 99.7 Å². The summed E-state index contributed by atoms with van der Waals surface area (Å²) < 4.78 is 72.8. The summed E-state index contributed by atoms with van der Waals surface area (Å²) in [6.07, 6.45) is 0.639. The number of methoxy groups -OCH3 is 1. The second kappa shape index (κ2) is 20.9. The first-order chi connectivity index (χ1) is 31.4. The van der Waals surface area contributed by atoms with Gasteiger partial charge in [-0.05, 0) is 92.6 Å². The van der Waals surface area contributed by atoms with Gasteiger partial charge >= 0.3 is 6.18 Å². The molecule has 1 N–H and O–H groups in total. The van der Waals surface area contributed by atoms with Gasteiger partial charge in [0, 0.05) is 67.7 Å². The molecule has 1 aliphatic carbocycles. The molecule has 3 amide bonds. The highest BCUT2D eigenvalue weighted by Gasteiger charge is 2.45. The Labute approximate surface area is 392 Å². The highest BCUT2D eigenvalue weighted by molar-refractivity contribution is 6.31. The molecule has 4 atom stereocenters. The summed E-state index contributed by atoms with van der Waals surface area (Å²) in [7, 11) is 3.34. The van der Waals surface area contributed by atoms with Crippen LogP contribution in [0.4, 0.5) is 17.6 Å². The minimum Gasteiger partial charge on any atom is -0.457 e. The number of aryl methyl sites for hydroxylation is 1. The highest BCUT2D eigenvalue weighted by Crippen LogP contribution is 2.37. The zero-order chi connectivity index (χ0) is 47.3. The van der Waals surface area contributed by atoms with Crippen molar-refractivity contribution in [2.24, 2.45) is 24.8 Å². The van der Waals surface area contributed by atoms with Crippen LogP contribution in [0.2, 0.25) is 10.0 Å². The second-order valence-electron chi connectivity index (χ2n) is 18.1. The van der Waals surface area contributed by atoms with Crippen LogP contribution in [0.15, 0.2) is 66.9 Å². The maximum atomic E-state index is 16.2. The number of imidazole rings is 1. The van der Waals surface area contributed by atoms with E-state index in [9.17, 15) is 32.3 Å². The first-order valence-corrected chi connectivity index (χ1v) is 23.2. The third kappa shape index (κ3) is 11.9. The predicted molar refractivity (Wildman–Crippen MR) is 241 cm³/mol. The smallest absolute Gasteiger partial charge is 0.389 e. The van der Waals surface area contributed by atoms with Crippen LogP contribution in [0.1, 0.15) is 81.7 Å². The maximum Gasteiger partial charge on any atom is 0.389 e. The molecule has 17 heteroatoms. The van der Waals surface area contributed by atoms with Gasteiger partial charge in [-0.25, -0.2) is 9.37 Å². The fourth-order valence-corrected chi connectivity index (χ4v) is 9.74. The minimum absolute atomic E-state index is 0.0402. The molecule has 0 unspecified atom stereocenters. The topological polar surface area (TPSA) is 123 Å². The number of carbonyl (C=O) groups is 4. The van der Waals surface area contributed by atoms with Crippen LogP contribution in [0, 0.1) is 23.6 Å². The Morgan fingerprint density at radius 1 is 0.939 bits per heavy atom. The summed E-state index contributed by atoms with van der Waals surface area (Å²) in [5, 5.41) is 3.52. The lowest BCUT2D eigenvalue weighted by atomic mass is 9.81. The van der Waals surface area contributed by atoms with Crippen molar-refractivity contribution in [3.63, 3.8) is 0 Å². The number of halogens is 6. The number of aromatic nitrogens is 2. The van der Waals surface area contributed by atoms with Gasteiger partial charge in [-0.3, -0.25) is 19.2 Å². The van der Waals surface area contributed by atoms with Crippen molar-refractivity contribution in [2.45, 2.75) is 102 Å². The normalized spacial score (nSPS) is 22.5. The summed E-state index contributed by atoms with van der Waals surface area (Å²) in [5.74, 6) is -5.09. The van der Waals surface area contributed by atoms with E-state index < -0.39 is 84.7 Å². The van der Waals surface area contributed by atoms with Gasteiger partial charge in [0.2, 0.25) is 17.7 Å². The molecule has 0 spiro atoms. The van der Waals surface area contributed by atoms with Gasteiger partial charge < -0.3 is 29.2 Å². The molecule has 3 heterocycles. The molecule has 66 heavy (non-hydrogen) atoms. The molecule has 0 radical (unpaired) electrons. The Morgan fingerprint density at radius 2 is 1.67 bits per heavy atom. The number of benzene rings is 3. The van der Waals surface area contributed by atoms with E-state index in [4.69, 9.17) is 32.7 Å². The lowest BCUT2D eigenvalue weighted by molar-refractivity contribution is -0.164. The number of fused-ring (bicyclic) bond motifs is 2. The number of nitrogens with one attached hydrogen (secondary N) is 1. The SMILES string of the molecule is COC[C@@H]1CC(=O)[C@H](C)N(Cc2c(F)cc(Cl)cc2Oc2ccc(-c3cnc(CCC4CCC4)n3C)cc2)C(=O)C[C@@H](CC(F)(F)F)C(=O)N2CCC[C@@](Cc3ccc(Cl)cc3)(C2)NC1=O. The molecule has 3 aliphatic rings. The number of rotatable bonds is 13. The third-order valence-electron chi connectivity index (χ3n) is 13.3. The molecular weight excluding hydrogens is 901 g/mol. The number of alkyl halides is 3. The van der Waals surface area contributed by atoms with Gasteiger partial charge in [-0.2, -0.15) is 13.2 Å². The molecule has 2 bridgehead atoms. The van der Waals surface area contributed by atoms with Gasteiger partial charge in [0.15, 0.2) is 5.78 Å². The summed E-state index contributed by atoms with van der Waals surface area (Å²) >= 11 is 12.5. The molecule has 354 valence electrons. The predicted octanol–water partition coefficient (Wildman–Crippen LogP) is 9.69. The number of piperidine rings is 1. The second-order valence-corrected chi connectivity index (χ2v) is 19.0. The summed E-state index contributed by atoms with van der Waals surface area (Å²) in [5.41, 5.74) is 1.15. The van der Waals surface area contributed by atoms with Crippen LogP contribution in [0.5, 0.6) is 11.5 Å². The first kappa shape index (κ1) is 48.9. The van der Waals surface area contributed by atoms with Crippen LogP contribution in [-0.2, 0) is 50.3 Å². The number of ether oxygens (including phenoxy) is 2. The largest absolute Gasteiger partial charge is 0.457 e. The third-order valence-corrected chi connectivity index (χ3v) is 13.8. The Bertz CT molecular complexity index is 2390. The molecular formula is C49H55Cl2F4N5O6. The van der Waals surface area contributed by atoms with Crippen LogP contribution in [0.3, 0.4) is 0 Å². The maximum absolute atomic E-state index is 16.2. The van der Waals surface area contributed by atoms with Crippen molar-refractivity contribution in [3.8, 4) is 22.8 Å². The van der Waals surface area contributed by atoms with Crippen molar-refractivity contribution >= 4 is 46.7 Å². The Morgan fingerprint density at radius 3 is 2.33 bits per heavy atom. The van der Waals surface area contributed by atoms with Crippen molar-refractivity contribution < 1.29 is 46.2 Å². The van der Waals surface area contributed by atoms with Crippen LogP contribution in [0.25, 0.3) is 11.3 Å². The number of ketones is 1. The fourth-order valence-electron chi connectivity index (χ4n) is 9.41. The molecule has 4 aromatic rings. The van der Waals surface area contributed by atoms with E-state index in [1.807, 2.05) is 25.4 Å². The lowest BCUT2D eigenvalue weighted by Crippen LogP contribution is -2.63. The molecule has 3 aromatic carbocycles. The Kier molecular flexibility index (Phi) is 15.5. The number of Topliss-reactive ketones (excluding diaryl/α,β-unsaturated/α-hetero) is 1. The Balaban J connectivity index is 1.19. The molecule has 1 aromatic heterocycles. The van der Waals surface area contributed by atoms with Gasteiger partial charge in [0.1, 0.15) is 23.1 Å². The van der Waals surface area contributed by atoms with Crippen molar-refractivity contribution in [1.82, 2.24) is 24.7 Å². The van der Waals surface area contributed by atoms with E-state index in [0.717, 1.165) is 52.4 Å². The van der Waals surface area contributed by atoms with E-state index >= 15 is 4.39 Å². The number of hydrogen-bond acceptors (Lipinski definition) is 7. The highest BCUT2D eigenvalue weighted by atomic mass is 35.5. The number of hydrogen-bond donors (Lipinski definition) is 1. The molecule has 2 saturated heterocycles. The summed E-state index contributed by atoms with van der Waals surface area (Å²) in [4.78, 5) is 64.3. The van der Waals surface area contributed by atoms with Crippen molar-refractivity contribution in [1.29, 1.82) is 0 Å². The van der Waals surface area contributed by atoms with Crippen LogP contribution in [-0.4, -0.2) is 87.4 Å². The Hall–Kier alpha value is -4.99. The molecule has 1 saturated carbocycles. The molecule has 7 rings (SSSR count). The number of amides is 3. The van der Waals surface area contributed by atoms with Gasteiger partial charge in [-0.15, -0.1) is 0 Å². The number of nitrogens with zero attached hydrogens (tertiary/aromatic N) is 4. The van der Waals surface area contributed by atoms with Gasteiger partial charge in [0.25, 0.3) is 0 Å². The van der Waals surface area contributed by atoms with E-state index in [2.05, 4.69) is 14.9 Å². The lowest BCUT2D eigenvalue weighted by Gasteiger charge is -2.45. The van der Waals surface area contributed by atoms with E-state index in [-0.39, 0.29) is 48.2 Å². The zero-order valence-corrected chi connectivity index (χ0v) is 38.8. The average molecular weight is 957 g/mol. The summed E-state index contributed by atoms with van der Waals surface area (Å²) in [6, 6.07) is 14.8. The van der Waals surface area contributed by atoms with Crippen molar-refractivity contribution in [2.75, 3.05) is 26.8 Å². The monoisotopic (exact) mass is 955 g/mol. The minimum atomic E-state index is -4.86. The molecule has 11 nitrogen and oxygen atoms in total. The number of carbonyl (C=O) groups excluding carboxylic acids is 4. The van der Waals surface area contributed by atoms with E-state index in [1.54, 1.807) is 36.4 Å². The van der Waals surface area contributed by atoms with E-state index in [1.165, 1.54) is 44.3 Å². The fraction of sp³-hybridized carbons (Fsp3) is 0.490. The zero-order valence-electron chi connectivity index (χ0n) is 37.3. The van der Waals surface area contributed by atoms with Gasteiger partial charge in [-0.1, -0.05) is 54.6 Å². The quantitative estimate of drug-likeness (QED) is 0.133. The standard InChI is InChI=1S/C49H55Cl2F4N5O6/c1-30-42(61)20-35(28-65-3)46(63)57-48(24-32-8-13-36(50)14-9-32)18-5-19-59(29-48)47(64)34(25-49(53,54)55)21-45(62)60(30)27-39-40(52)22-37(51)23-43(39)66-38-15-11-33(12-16-38)41-26-56-44(58(41)2)17-10-31-6-4-7-31/h8-9,11-16,22-23,26,30-31,34-35H,4-7,10,17-21,24-25,27-29H2,1-3H3,(H,57,63)/t30-,34-,35-,48+/m0/s1. The molecule has 2 aliphatic heterocycles. The first-order valence-electron chi connectivity index (χ1n) is 22.4. The van der Waals surface area contributed by atoms with Crippen LogP contribution >= 0.6 is 23.2 Å². The average Bonchev–Trinajstić information content (AvgIpc) is 3.61. The summed E-state index contributed by atoms with van der Waals surface area (Å²) in [6.45, 7) is 0.455. The van der Waals surface area contributed by atoms with Gasteiger partial charge in [0.05, 0.1) is 54.9 Å².